The first kappa shape index (κ1) is 19.5. The second kappa shape index (κ2) is 7.35. The molecule has 156 valence electrons. The van der Waals surface area contributed by atoms with Gasteiger partial charge in [0.05, 0.1) is 35.1 Å². The maximum Gasteiger partial charge on any atom is 0.274 e. The van der Waals surface area contributed by atoms with Gasteiger partial charge in [0.2, 0.25) is 0 Å². The highest BCUT2D eigenvalue weighted by Crippen LogP contribution is 2.39. The number of halogens is 2. The van der Waals surface area contributed by atoms with E-state index in [1.807, 2.05) is 18.3 Å². The summed E-state index contributed by atoms with van der Waals surface area (Å²) in [6.45, 7) is 3.77. The average Bonchev–Trinajstić information content (AvgIpc) is 2.74. The van der Waals surface area contributed by atoms with Gasteiger partial charge in [0.15, 0.2) is 0 Å². The molecule has 2 saturated heterocycles. The summed E-state index contributed by atoms with van der Waals surface area (Å²) in [6, 6.07) is 8.72. The fraction of sp³-hybridized carbons (Fsp3) is 0.364. The summed E-state index contributed by atoms with van der Waals surface area (Å²) >= 11 is 3.21. The number of benzene rings is 1. The van der Waals surface area contributed by atoms with Gasteiger partial charge in [0.1, 0.15) is 17.3 Å². The summed E-state index contributed by atoms with van der Waals surface area (Å²) in [7, 11) is 1.63. The molecular weight excluding hydrogens is 451 g/mol. The van der Waals surface area contributed by atoms with Crippen molar-refractivity contribution in [1.82, 2.24) is 9.55 Å². The lowest BCUT2D eigenvalue weighted by atomic mass is 9.77. The normalized spacial score (nSPS) is 17.9. The molecular formula is C22H22BrFN4O2. The molecule has 0 amide bonds. The van der Waals surface area contributed by atoms with Crippen LogP contribution >= 0.6 is 15.9 Å². The Hall–Kier alpha value is -2.45. The smallest absolute Gasteiger partial charge is 0.274 e. The van der Waals surface area contributed by atoms with E-state index in [9.17, 15) is 9.18 Å². The second-order valence-corrected chi connectivity index (χ2v) is 9.08. The van der Waals surface area contributed by atoms with Crippen LogP contribution in [0.15, 0.2) is 45.8 Å². The Bertz CT molecular complexity index is 1160. The van der Waals surface area contributed by atoms with Crippen molar-refractivity contribution in [2.45, 2.75) is 12.8 Å². The van der Waals surface area contributed by atoms with Crippen molar-refractivity contribution >= 4 is 44.0 Å². The number of pyridine rings is 2. The van der Waals surface area contributed by atoms with E-state index in [4.69, 9.17) is 4.74 Å². The van der Waals surface area contributed by atoms with Gasteiger partial charge in [-0.3, -0.25) is 4.79 Å². The third-order valence-corrected chi connectivity index (χ3v) is 6.92. The predicted molar refractivity (Wildman–Crippen MR) is 119 cm³/mol. The minimum atomic E-state index is -0.394. The highest BCUT2D eigenvalue weighted by molar-refractivity contribution is 9.10. The zero-order chi connectivity index (χ0) is 20.9. The highest BCUT2D eigenvalue weighted by atomic mass is 79.9. The number of piperidine rings is 1. The van der Waals surface area contributed by atoms with Gasteiger partial charge >= 0.3 is 0 Å². The molecule has 8 heteroatoms. The number of hydrogen-bond acceptors (Lipinski definition) is 5. The van der Waals surface area contributed by atoms with Crippen LogP contribution in [0.5, 0.6) is 0 Å². The Morgan fingerprint density at radius 1 is 1.20 bits per heavy atom. The Labute approximate surface area is 181 Å². The quantitative estimate of drug-likeness (QED) is 0.618. The SMILES string of the molecule is Cn1c(=O)c(Nc2ccc(N3CCC4(CC3)COC4)cn2)cc2c(F)c(Br)ccc21. The Kier molecular flexibility index (Phi) is 4.78. The molecule has 1 aromatic carbocycles. The third kappa shape index (κ3) is 3.28. The van der Waals surface area contributed by atoms with Crippen LogP contribution in [0.3, 0.4) is 0 Å². The van der Waals surface area contributed by atoms with E-state index >= 15 is 0 Å². The molecule has 1 N–H and O–H groups in total. The van der Waals surface area contributed by atoms with E-state index in [1.165, 1.54) is 10.6 Å². The van der Waals surface area contributed by atoms with Gasteiger partial charge in [-0.25, -0.2) is 9.37 Å². The lowest BCUT2D eigenvalue weighted by Gasteiger charge is -2.47. The largest absolute Gasteiger partial charge is 0.380 e. The Morgan fingerprint density at radius 2 is 1.97 bits per heavy atom. The zero-order valence-electron chi connectivity index (χ0n) is 16.6. The van der Waals surface area contributed by atoms with Gasteiger partial charge in [0.25, 0.3) is 5.56 Å². The molecule has 2 fully saturated rings. The van der Waals surface area contributed by atoms with Crippen LogP contribution in [0.1, 0.15) is 12.8 Å². The number of aryl methyl sites for hydroxylation is 1. The van der Waals surface area contributed by atoms with Crippen molar-refractivity contribution in [1.29, 1.82) is 0 Å². The molecule has 0 unspecified atom stereocenters. The molecule has 1 spiro atoms. The lowest BCUT2D eigenvalue weighted by molar-refractivity contribution is -0.124. The van der Waals surface area contributed by atoms with Crippen LogP contribution < -0.4 is 15.8 Å². The summed E-state index contributed by atoms with van der Waals surface area (Å²) in [4.78, 5) is 19.5. The molecule has 2 aromatic heterocycles. The Morgan fingerprint density at radius 3 is 2.60 bits per heavy atom. The number of nitrogens with one attached hydrogen (secondary N) is 1. The first-order valence-corrected chi connectivity index (χ1v) is 10.8. The van der Waals surface area contributed by atoms with Crippen molar-refractivity contribution in [3.8, 4) is 0 Å². The second-order valence-electron chi connectivity index (χ2n) is 8.22. The van der Waals surface area contributed by atoms with Crippen LogP contribution in [0.4, 0.5) is 21.6 Å². The molecule has 2 aliphatic heterocycles. The molecule has 6 nitrogen and oxygen atoms in total. The van der Waals surface area contributed by atoms with Crippen LogP contribution in [0.25, 0.3) is 10.9 Å². The predicted octanol–water partition coefficient (Wildman–Crippen LogP) is 4.20. The fourth-order valence-electron chi connectivity index (χ4n) is 4.28. The molecule has 0 radical (unpaired) electrons. The molecule has 0 aliphatic carbocycles. The van der Waals surface area contributed by atoms with Gasteiger partial charge in [-0.1, -0.05) is 0 Å². The van der Waals surface area contributed by atoms with Crippen molar-refractivity contribution in [2.75, 3.05) is 36.5 Å². The number of ether oxygens (including phenoxy) is 1. The first-order chi connectivity index (χ1) is 14.5. The van der Waals surface area contributed by atoms with Crippen LogP contribution in [0.2, 0.25) is 0 Å². The molecule has 0 bridgehead atoms. The van der Waals surface area contributed by atoms with E-state index in [2.05, 4.69) is 31.1 Å². The average molecular weight is 473 g/mol. The Balaban J connectivity index is 1.37. The zero-order valence-corrected chi connectivity index (χ0v) is 18.2. The number of hydrogen-bond donors (Lipinski definition) is 1. The standard InChI is InChI=1S/C22H22BrFN4O2/c1-27-18-4-3-16(23)20(24)15(18)10-17(21(27)29)26-19-5-2-14(11-25-19)28-8-6-22(7-9-28)12-30-13-22/h2-5,10-11H,6-9,12-13H2,1H3,(H,25,26). The molecule has 0 atom stereocenters. The van der Waals surface area contributed by atoms with Gasteiger partial charge in [-0.15, -0.1) is 0 Å². The highest BCUT2D eigenvalue weighted by Gasteiger charge is 2.41. The van der Waals surface area contributed by atoms with E-state index in [0.29, 0.717) is 26.6 Å². The van der Waals surface area contributed by atoms with Crippen molar-refractivity contribution in [3.05, 3.63) is 57.2 Å². The number of rotatable bonds is 3. The van der Waals surface area contributed by atoms with Gasteiger partial charge < -0.3 is 19.5 Å². The number of fused-ring (bicyclic) bond motifs is 1. The van der Waals surface area contributed by atoms with Crippen molar-refractivity contribution in [3.63, 3.8) is 0 Å². The van der Waals surface area contributed by atoms with E-state index < -0.39 is 5.82 Å². The van der Waals surface area contributed by atoms with Gasteiger partial charge in [0, 0.05) is 30.9 Å². The van der Waals surface area contributed by atoms with E-state index in [-0.39, 0.29) is 11.2 Å². The minimum Gasteiger partial charge on any atom is -0.380 e. The van der Waals surface area contributed by atoms with Crippen LogP contribution in [0, 0.1) is 11.2 Å². The molecule has 4 heterocycles. The van der Waals surface area contributed by atoms with Gasteiger partial charge in [-0.05, 0) is 59.1 Å². The van der Waals surface area contributed by atoms with Crippen LogP contribution in [-0.2, 0) is 11.8 Å². The number of anilines is 3. The number of nitrogens with zero attached hydrogens (tertiary/aromatic N) is 3. The monoisotopic (exact) mass is 472 g/mol. The molecule has 0 saturated carbocycles. The van der Waals surface area contributed by atoms with E-state index in [0.717, 1.165) is 44.8 Å². The maximum absolute atomic E-state index is 14.6. The van der Waals surface area contributed by atoms with Crippen LogP contribution in [-0.4, -0.2) is 35.9 Å². The minimum absolute atomic E-state index is 0.237. The molecule has 5 rings (SSSR count). The van der Waals surface area contributed by atoms with Crippen molar-refractivity contribution in [2.24, 2.45) is 12.5 Å². The molecule has 2 aliphatic rings. The summed E-state index contributed by atoms with van der Waals surface area (Å²) in [5, 5.41) is 3.42. The maximum atomic E-state index is 14.6. The molecule has 3 aromatic rings. The first-order valence-electron chi connectivity index (χ1n) is 9.99. The fourth-order valence-corrected chi connectivity index (χ4v) is 4.62. The van der Waals surface area contributed by atoms with Gasteiger partial charge in [-0.2, -0.15) is 0 Å². The lowest BCUT2D eigenvalue weighted by Crippen LogP contribution is -2.50. The summed E-state index contributed by atoms with van der Waals surface area (Å²) < 4.78 is 21.7. The number of aromatic nitrogens is 2. The summed E-state index contributed by atoms with van der Waals surface area (Å²) in [5.41, 5.74) is 2.05. The molecule has 30 heavy (non-hydrogen) atoms. The third-order valence-electron chi connectivity index (χ3n) is 6.31. The van der Waals surface area contributed by atoms with E-state index in [1.54, 1.807) is 19.2 Å². The van der Waals surface area contributed by atoms with Crippen molar-refractivity contribution < 1.29 is 9.13 Å². The summed E-state index contributed by atoms with van der Waals surface area (Å²) in [6.07, 6.45) is 4.10. The topological polar surface area (TPSA) is 59.4 Å². The summed E-state index contributed by atoms with van der Waals surface area (Å²) in [5.74, 6) is 0.153.